The minimum Gasteiger partial charge on any atom is -0.342 e. The van der Waals surface area contributed by atoms with Crippen LogP contribution in [0.15, 0.2) is 59.9 Å². The van der Waals surface area contributed by atoms with Crippen LogP contribution in [0, 0.1) is 0 Å². The molecule has 0 saturated carbocycles. The number of fused-ring (bicyclic) bond motifs is 1. The molecule has 1 fully saturated rings. The molecule has 10 heteroatoms. The van der Waals surface area contributed by atoms with E-state index in [1.807, 2.05) is 24.3 Å². The lowest BCUT2D eigenvalue weighted by Crippen LogP contribution is -2.42. The van der Waals surface area contributed by atoms with Crippen molar-refractivity contribution < 1.29 is 8.42 Å². The van der Waals surface area contributed by atoms with Crippen molar-refractivity contribution in [1.82, 2.24) is 35.0 Å². The number of nitrogens with one attached hydrogen (secondary N) is 3. The molecule has 31 heavy (non-hydrogen) atoms. The summed E-state index contributed by atoms with van der Waals surface area (Å²) in [5.41, 5.74) is 3.66. The Labute approximate surface area is 179 Å². The molecule has 1 aromatic carbocycles. The molecule has 0 spiro atoms. The van der Waals surface area contributed by atoms with Crippen LogP contribution < -0.4 is 10.0 Å². The summed E-state index contributed by atoms with van der Waals surface area (Å²) in [4.78, 5) is 8.02. The van der Waals surface area contributed by atoms with E-state index < -0.39 is 10.0 Å². The number of hydrogen-bond donors (Lipinski definition) is 3. The maximum absolute atomic E-state index is 12.8. The van der Waals surface area contributed by atoms with E-state index in [0.717, 1.165) is 53.8 Å². The van der Waals surface area contributed by atoms with Crippen molar-refractivity contribution in [3.05, 3.63) is 60.7 Å². The van der Waals surface area contributed by atoms with Crippen molar-refractivity contribution in [3.63, 3.8) is 0 Å². The van der Waals surface area contributed by atoms with Crippen LogP contribution in [-0.2, 0) is 16.6 Å². The molecule has 0 aliphatic carbocycles. The zero-order chi connectivity index (χ0) is 21.3. The number of aromatic nitrogens is 5. The van der Waals surface area contributed by atoms with Gasteiger partial charge in [-0.25, -0.2) is 22.8 Å². The molecule has 9 nitrogen and oxygen atoms in total. The van der Waals surface area contributed by atoms with E-state index >= 15 is 0 Å². The molecule has 1 aliphatic heterocycles. The first-order valence-electron chi connectivity index (χ1n) is 10.2. The lowest BCUT2D eigenvalue weighted by Gasteiger charge is -2.23. The summed E-state index contributed by atoms with van der Waals surface area (Å²) >= 11 is 0. The number of pyridine rings is 1. The third-order valence-electron chi connectivity index (χ3n) is 5.53. The number of rotatable bonds is 6. The van der Waals surface area contributed by atoms with Crippen LogP contribution in [0.2, 0.25) is 0 Å². The Morgan fingerprint density at radius 1 is 1.10 bits per heavy atom. The van der Waals surface area contributed by atoms with E-state index in [0.29, 0.717) is 6.54 Å². The average Bonchev–Trinajstić information content (AvgIpc) is 3.43. The van der Waals surface area contributed by atoms with Gasteiger partial charge in [0.05, 0.1) is 17.6 Å². The van der Waals surface area contributed by atoms with Gasteiger partial charge in [-0.15, -0.1) is 5.10 Å². The minimum absolute atomic E-state index is 0.0194. The molecule has 1 saturated heterocycles. The first-order valence-corrected chi connectivity index (χ1v) is 11.7. The van der Waals surface area contributed by atoms with Gasteiger partial charge in [-0.05, 0) is 61.3 Å². The molecular weight excluding hydrogens is 414 g/mol. The van der Waals surface area contributed by atoms with Crippen molar-refractivity contribution in [2.24, 2.45) is 0 Å². The second kappa shape index (κ2) is 8.22. The van der Waals surface area contributed by atoms with Gasteiger partial charge in [-0.2, -0.15) is 0 Å². The van der Waals surface area contributed by atoms with E-state index in [4.69, 9.17) is 0 Å². The standard InChI is InChI=1S/C21H23N7O2S/c29-31(30,26-16-5-8-22-9-6-16)18-3-1-15(2-4-18)19-7-10-23-21-20(19)13-17(25-21)14-28-12-11-24-27-28/h1-4,7,10-13,16,22,26H,5-6,8-9,14H2,(H,23,25). The maximum Gasteiger partial charge on any atom is 0.240 e. The smallest absolute Gasteiger partial charge is 0.240 e. The van der Waals surface area contributed by atoms with E-state index in [9.17, 15) is 8.42 Å². The van der Waals surface area contributed by atoms with Gasteiger partial charge >= 0.3 is 0 Å². The van der Waals surface area contributed by atoms with E-state index in [-0.39, 0.29) is 10.9 Å². The summed E-state index contributed by atoms with van der Waals surface area (Å²) < 4.78 is 30.1. The Balaban J connectivity index is 1.40. The predicted octanol–water partition coefficient (Wildman–Crippen LogP) is 1.90. The zero-order valence-corrected chi connectivity index (χ0v) is 17.6. The Morgan fingerprint density at radius 2 is 1.90 bits per heavy atom. The van der Waals surface area contributed by atoms with Crippen LogP contribution in [0.3, 0.4) is 0 Å². The predicted molar refractivity (Wildman–Crippen MR) is 117 cm³/mol. The molecule has 0 radical (unpaired) electrons. The molecule has 1 aliphatic rings. The Kier molecular flexibility index (Phi) is 5.26. The highest BCUT2D eigenvalue weighted by Gasteiger charge is 2.21. The molecule has 0 amide bonds. The first-order chi connectivity index (χ1) is 15.1. The molecule has 0 atom stereocenters. The number of H-pyrrole nitrogens is 1. The molecule has 3 aromatic heterocycles. The van der Waals surface area contributed by atoms with Crippen LogP contribution in [-0.4, -0.2) is 52.5 Å². The third kappa shape index (κ3) is 4.22. The van der Waals surface area contributed by atoms with Gasteiger partial charge in [-0.1, -0.05) is 17.3 Å². The monoisotopic (exact) mass is 437 g/mol. The normalized spacial score (nSPS) is 15.5. The lowest BCUT2D eigenvalue weighted by atomic mass is 10.0. The highest BCUT2D eigenvalue weighted by molar-refractivity contribution is 7.89. The fourth-order valence-electron chi connectivity index (χ4n) is 3.95. The Bertz CT molecular complexity index is 1280. The van der Waals surface area contributed by atoms with Gasteiger partial charge in [0.15, 0.2) is 0 Å². The molecule has 0 unspecified atom stereocenters. The van der Waals surface area contributed by atoms with E-state index in [1.54, 1.807) is 35.4 Å². The fraction of sp³-hybridized carbons (Fsp3) is 0.286. The molecule has 0 bridgehead atoms. The van der Waals surface area contributed by atoms with Gasteiger partial charge < -0.3 is 10.3 Å². The average molecular weight is 438 g/mol. The largest absolute Gasteiger partial charge is 0.342 e. The van der Waals surface area contributed by atoms with Crippen LogP contribution in [0.1, 0.15) is 18.5 Å². The molecule has 4 heterocycles. The second-order valence-corrected chi connectivity index (χ2v) is 9.40. The highest BCUT2D eigenvalue weighted by Crippen LogP contribution is 2.29. The van der Waals surface area contributed by atoms with Crippen LogP contribution in [0.25, 0.3) is 22.2 Å². The number of hydrogen-bond acceptors (Lipinski definition) is 6. The second-order valence-electron chi connectivity index (χ2n) is 7.69. The van der Waals surface area contributed by atoms with Gasteiger partial charge in [0, 0.05) is 29.5 Å². The van der Waals surface area contributed by atoms with Crippen LogP contribution in [0.4, 0.5) is 0 Å². The Hall–Kier alpha value is -3.08. The van der Waals surface area contributed by atoms with Gasteiger partial charge in [0.25, 0.3) is 0 Å². The SMILES string of the molecule is O=S(=O)(NC1CCNCC1)c1ccc(-c2ccnc3[nH]c(Cn4ccnn4)cc23)cc1. The maximum atomic E-state index is 12.8. The first kappa shape index (κ1) is 19.9. The summed E-state index contributed by atoms with van der Waals surface area (Å²) in [7, 11) is -3.54. The summed E-state index contributed by atoms with van der Waals surface area (Å²) in [5.74, 6) is 0. The molecular formula is C21H23N7O2S. The van der Waals surface area contributed by atoms with Gasteiger partial charge in [0.1, 0.15) is 5.65 Å². The summed E-state index contributed by atoms with van der Waals surface area (Å²) in [6, 6.07) is 11.0. The van der Waals surface area contributed by atoms with E-state index in [2.05, 4.69) is 30.3 Å². The quantitative estimate of drug-likeness (QED) is 0.424. The van der Waals surface area contributed by atoms with Gasteiger partial charge in [-0.3, -0.25) is 0 Å². The van der Waals surface area contributed by atoms with Gasteiger partial charge in [0.2, 0.25) is 10.0 Å². The Morgan fingerprint density at radius 3 is 2.65 bits per heavy atom. The minimum atomic E-state index is -3.54. The summed E-state index contributed by atoms with van der Waals surface area (Å²) in [6.07, 6.45) is 6.79. The van der Waals surface area contributed by atoms with Crippen LogP contribution >= 0.6 is 0 Å². The summed E-state index contributed by atoms with van der Waals surface area (Å²) in [5, 5.41) is 12.0. The molecule has 160 valence electrons. The van der Waals surface area contributed by atoms with Crippen molar-refractivity contribution in [2.45, 2.75) is 30.3 Å². The van der Waals surface area contributed by atoms with Crippen molar-refractivity contribution in [1.29, 1.82) is 0 Å². The van der Waals surface area contributed by atoms with Crippen molar-refractivity contribution in [2.75, 3.05) is 13.1 Å². The molecule has 3 N–H and O–H groups in total. The topological polar surface area (TPSA) is 118 Å². The number of sulfonamides is 1. The fourth-order valence-corrected chi connectivity index (χ4v) is 5.26. The van der Waals surface area contributed by atoms with E-state index in [1.165, 1.54) is 0 Å². The van der Waals surface area contributed by atoms with Crippen molar-refractivity contribution >= 4 is 21.1 Å². The highest BCUT2D eigenvalue weighted by atomic mass is 32.2. The summed E-state index contributed by atoms with van der Waals surface area (Å²) in [6.45, 7) is 2.23. The number of piperidine rings is 1. The molecule has 5 rings (SSSR count). The third-order valence-corrected chi connectivity index (χ3v) is 7.06. The number of benzene rings is 1. The lowest BCUT2D eigenvalue weighted by molar-refractivity contribution is 0.427. The molecule has 4 aromatic rings. The number of aromatic amines is 1. The van der Waals surface area contributed by atoms with Crippen LogP contribution in [0.5, 0.6) is 0 Å². The number of nitrogens with zero attached hydrogens (tertiary/aromatic N) is 4. The zero-order valence-electron chi connectivity index (χ0n) is 16.8. The van der Waals surface area contributed by atoms with Crippen molar-refractivity contribution in [3.8, 4) is 11.1 Å².